The normalized spacial score (nSPS) is 11.3. The van der Waals surface area contributed by atoms with Gasteiger partial charge in [-0.05, 0) is 17.7 Å². The highest BCUT2D eigenvalue weighted by molar-refractivity contribution is 7.99. The molecule has 0 heterocycles. The third kappa shape index (κ3) is 11.9. The summed E-state index contributed by atoms with van der Waals surface area (Å²) in [6, 6.07) is 10.6. The molecule has 0 spiro atoms. The van der Waals surface area contributed by atoms with Crippen molar-refractivity contribution in [3.63, 3.8) is 0 Å². The Balaban J connectivity index is 1.79. The molecule has 1 aromatic rings. The van der Waals surface area contributed by atoms with Crippen molar-refractivity contribution >= 4 is 17.8 Å². The highest BCUT2D eigenvalue weighted by atomic mass is 32.2. The Bertz CT molecular complexity index is 355. The molecular weight excluding hydrogens is 284 g/mol. The van der Waals surface area contributed by atoms with Crippen LogP contribution in [-0.4, -0.2) is 11.5 Å². The summed E-state index contributed by atoms with van der Waals surface area (Å²) in [5.41, 5.74) is 1.31. The van der Waals surface area contributed by atoms with Crippen LogP contribution >= 0.6 is 11.8 Å². The van der Waals surface area contributed by atoms with E-state index in [9.17, 15) is 0 Å². The second-order valence-corrected chi connectivity index (χ2v) is 7.22. The number of benzene rings is 1. The van der Waals surface area contributed by atoms with Crippen LogP contribution in [0.2, 0.25) is 0 Å². The van der Waals surface area contributed by atoms with Gasteiger partial charge < -0.3 is 0 Å². The second-order valence-electron chi connectivity index (χ2n) is 6.07. The number of hydrogen-bond donors (Lipinski definition) is 0. The molecule has 0 radical (unpaired) electrons. The number of unbranched alkanes of at least 4 members (excludes halogenated alkanes) is 9. The fraction of sp³-hybridized carbons (Fsp3) is 0.619. The van der Waals surface area contributed by atoms with Crippen molar-refractivity contribution in [1.29, 1.82) is 0 Å². The number of thioether (sulfide) groups is 1. The Labute approximate surface area is 142 Å². The molecule has 0 aliphatic heterocycles. The Kier molecular flexibility index (Phi) is 13.4. The molecule has 1 rings (SSSR count). The Hall–Kier alpha value is -0.690. The molecule has 0 nitrogen and oxygen atoms in total. The fourth-order valence-electron chi connectivity index (χ4n) is 2.59. The van der Waals surface area contributed by atoms with E-state index in [1.54, 1.807) is 0 Å². The van der Waals surface area contributed by atoms with Gasteiger partial charge in [-0.2, -0.15) is 11.8 Å². The molecule has 1 heteroatoms. The molecular formula is C21H34S. The van der Waals surface area contributed by atoms with Crippen LogP contribution in [-0.2, 0) is 0 Å². The first-order valence-electron chi connectivity index (χ1n) is 9.23. The SMILES string of the molecule is CCCCCCCCCCCCSCC=Cc1ccccc1. The van der Waals surface area contributed by atoms with Crippen LogP contribution < -0.4 is 0 Å². The molecule has 0 aromatic heterocycles. The highest BCUT2D eigenvalue weighted by Gasteiger charge is 1.93. The lowest BCUT2D eigenvalue weighted by Gasteiger charge is -2.02. The van der Waals surface area contributed by atoms with Gasteiger partial charge >= 0.3 is 0 Å². The van der Waals surface area contributed by atoms with Crippen LogP contribution in [0.5, 0.6) is 0 Å². The average Bonchev–Trinajstić information content (AvgIpc) is 2.56. The zero-order valence-electron chi connectivity index (χ0n) is 14.4. The maximum absolute atomic E-state index is 2.29. The van der Waals surface area contributed by atoms with E-state index >= 15 is 0 Å². The molecule has 22 heavy (non-hydrogen) atoms. The minimum Gasteiger partial charge on any atom is -0.158 e. The van der Waals surface area contributed by atoms with Crippen LogP contribution in [0, 0.1) is 0 Å². The van der Waals surface area contributed by atoms with E-state index in [1.807, 2.05) is 0 Å². The summed E-state index contributed by atoms with van der Waals surface area (Å²) in [4.78, 5) is 0. The third-order valence-corrected chi connectivity index (χ3v) is 4.97. The van der Waals surface area contributed by atoms with Crippen molar-refractivity contribution in [1.82, 2.24) is 0 Å². The summed E-state index contributed by atoms with van der Waals surface area (Å²) in [6.07, 6.45) is 18.8. The molecule has 0 atom stereocenters. The minimum atomic E-state index is 1.15. The lowest BCUT2D eigenvalue weighted by Crippen LogP contribution is -1.84. The van der Waals surface area contributed by atoms with Crippen LogP contribution in [0.4, 0.5) is 0 Å². The molecule has 0 bridgehead atoms. The predicted molar refractivity (Wildman–Crippen MR) is 105 cm³/mol. The van der Waals surface area contributed by atoms with Crippen molar-refractivity contribution in [2.75, 3.05) is 11.5 Å². The van der Waals surface area contributed by atoms with Gasteiger partial charge in [-0.1, -0.05) is 107 Å². The van der Waals surface area contributed by atoms with Crippen molar-refractivity contribution in [3.05, 3.63) is 42.0 Å². The molecule has 0 fully saturated rings. The second kappa shape index (κ2) is 15.2. The lowest BCUT2D eigenvalue weighted by atomic mass is 10.1. The lowest BCUT2D eigenvalue weighted by molar-refractivity contribution is 0.563. The van der Waals surface area contributed by atoms with Crippen molar-refractivity contribution in [3.8, 4) is 0 Å². The smallest absolute Gasteiger partial charge is 0.0116 e. The number of rotatable bonds is 14. The zero-order chi connectivity index (χ0) is 15.7. The summed E-state index contributed by atoms with van der Waals surface area (Å²) in [5, 5.41) is 0. The van der Waals surface area contributed by atoms with E-state index in [0.29, 0.717) is 0 Å². The third-order valence-electron chi connectivity index (χ3n) is 3.97. The van der Waals surface area contributed by atoms with E-state index in [4.69, 9.17) is 0 Å². The summed E-state index contributed by atoms with van der Waals surface area (Å²) >= 11 is 2.06. The topological polar surface area (TPSA) is 0 Å². The first-order valence-corrected chi connectivity index (χ1v) is 10.4. The van der Waals surface area contributed by atoms with E-state index < -0.39 is 0 Å². The molecule has 0 unspecified atom stereocenters. The monoisotopic (exact) mass is 318 g/mol. The average molecular weight is 319 g/mol. The van der Waals surface area contributed by atoms with Crippen molar-refractivity contribution in [2.45, 2.75) is 71.1 Å². The fourth-order valence-corrected chi connectivity index (χ4v) is 3.40. The van der Waals surface area contributed by atoms with Crippen LogP contribution in [0.1, 0.15) is 76.7 Å². The van der Waals surface area contributed by atoms with Gasteiger partial charge in [0.25, 0.3) is 0 Å². The van der Waals surface area contributed by atoms with Gasteiger partial charge in [0, 0.05) is 5.75 Å². The van der Waals surface area contributed by atoms with Gasteiger partial charge in [0.1, 0.15) is 0 Å². The molecule has 124 valence electrons. The van der Waals surface area contributed by atoms with Gasteiger partial charge in [-0.3, -0.25) is 0 Å². The van der Waals surface area contributed by atoms with Gasteiger partial charge in [-0.15, -0.1) is 0 Å². The maximum atomic E-state index is 2.29. The summed E-state index contributed by atoms with van der Waals surface area (Å²) in [5.74, 6) is 2.46. The van der Waals surface area contributed by atoms with Gasteiger partial charge in [0.15, 0.2) is 0 Å². The summed E-state index contributed by atoms with van der Waals surface area (Å²) in [6.45, 7) is 2.29. The molecule has 0 saturated carbocycles. The van der Waals surface area contributed by atoms with Gasteiger partial charge in [0.05, 0.1) is 0 Å². The van der Waals surface area contributed by atoms with E-state index in [-0.39, 0.29) is 0 Å². The Morgan fingerprint density at radius 3 is 2.00 bits per heavy atom. The zero-order valence-corrected chi connectivity index (χ0v) is 15.3. The van der Waals surface area contributed by atoms with Crippen LogP contribution in [0.25, 0.3) is 6.08 Å². The van der Waals surface area contributed by atoms with Gasteiger partial charge in [0.2, 0.25) is 0 Å². The van der Waals surface area contributed by atoms with E-state index in [2.05, 4.69) is 61.2 Å². The Morgan fingerprint density at radius 1 is 0.773 bits per heavy atom. The molecule has 0 N–H and O–H groups in total. The molecule has 1 aromatic carbocycles. The standard InChI is InChI=1S/C21H34S/c1-2-3-4-5-6-7-8-9-10-14-19-22-20-15-18-21-16-12-11-13-17-21/h11-13,15-18H,2-10,14,19-20H2,1H3. The summed E-state index contributed by atoms with van der Waals surface area (Å²) < 4.78 is 0. The quantitative estimate of drug-likeness (QED) is 0.323. The molecule has 0 aliphatic rings. The Morgan fingerprint density at radius 2 is 1.36 bits per heavy atom. The van der Waals surface area contributed by atoms with Crippen molar-refractivity contribution in [2.24, 2.45) is 0 Å². The molecule has 0 saturated heterocycles. The molecule has 0 aliphatic carbocycles. The molecule has 0 amide bonds. The maximum Gasteiger partial charge on any atom is 0.0116 e. The first kappa shape index (κ1) is 19.4. The van der Waals surface area contributed by atoms with Gasteiger partial charge in [-0.25, -0.2) is 0 Å². The van der Waals surface area contributed by atoms with Crippen LogP contribution in [0.3, 0.4) is 0 Å². The van der Waals surface area contributed by atoms with Crippen LogP contribution in [0.15, 0.2) is 36.4 Å². The van der Waals surface area contributed by atoms with E-state index in [1.165, 1.54) is 75.5 Å². The highest BCUT2D eigenvalue weighted by Crippen LogP contribution is 2.12. The predicted octanol–water partition coefficient (Wildman–Crippen LogP) is 7.35. The first-order chi connectivity index (χ1) is 10.9. The number of hydrogen-bond acceptors (Lipinski definition) is 1. The van der Waals surface area contributed by atoms with Crippen molar-refractivity contribution < 1.29 is 0 Å². The summed E-state index contributed by atoms with van der Waals surface area (Å²) in [7, 11) is 0. The minimum absolute atomic E-state index is 1.15. The van der Waals surface area contributed by atoms with E-state index in [0.717, 1.165) is 5.75 Å². The largest absolute Gasteiger partial charge is 0.158 e.